The number of amides is 1. The van der Waals surface area contributed by atoms with Gasteiger partial charge in [0.1, 0.15) is 6.54 Å². The van der Waals surface area contributed by atoms with E-state index in [1.165, 1.54) is 4.80 Å². The van der Waals surface area contributed by atoms with Gasteiger partial charge in [0.2, 0.25) is 11.7 Å². The Labute approximate surface area is 155 Å². The van der Waals surface area contributed by atoms with Crippen molar-refractivity contribution in [1.82, 2.24) is 30.0 Å². The minimum atomic E-state index is -0.267. The van der Waals surface area contributed by atoms with E-state index in [2.05, 4.69) is 25.8 Å². The molecule has 0 unspecified atom stereocenters. The SMILES string of the molecule is O=C(Cn1nnc(-c2ccccc2)n1)Nc1ccn(Cc2ccccc2)n1. The van der Waals surface area contributed by atoms with Gasteiger partial charge in [-0.05, 0) is 10.8 Å². The van der Waals surface area contributed by atoms with E-state index < -0.39 is 0 Å². The molecule has 0 aliphatic heterocycles. The normalized spacial score (nSPS) is 10.7. The molecule has 0 radical (unpaired) electrons. The van der Waals surface area contributed by atoms with E-state index in [0.29, 0.717) is 18.2 Å². The summed E-state index contributed by atoms with van der Waals surface area (Å²) in [6.07, 6.45) is 1.82. The summed E-state index contributed by atoms with van der Waals surface area (Å²) in [5.41, 5.74) is 1.99. The Kier molecular flexibility index (Phi) is 4.69. The molecule has 0 fully saturated rings. The van der Waals surface area contributed by atoms with E-state index >= 15 is 0 Å². The van der Waals surface area contributed by atoms with Crippen LogP contribution in [-0.2, 0) is 17.9 Å². The highest BCUT2D eigenvalue weighted by molar-refractivity contribution is 5.89. The fourth-order valence-corrected chi connectivity index (χ4v) is 2.61. The lowest BCUT2D eigenvalue weighted by Gasteiger charge is -2.02. The zero-order valence-electron chi connectivity index (χ0n) is 14.4. The first-order valence-corrected chi connectivity index (χ1v) is 8.47. The molecule has 0 spiro atoms. The second-order valence-electron chi connectivity index (χ2n) is 5.94. The number of hydrogen-bond donors (Lipinski definition) is 1. The summed E-state index contributed by atoms with van der Waals surface area (Å²) in [5.74, 6) is 0.701. The number of nitrogens with one attached hydrogen (secondary N) is 1. The summed E-state index contributed by atoms with van der Waals surface area (Å²) in [6.45, 7) is 0.604. The molecule has 8 nitrogen and oxygen atoms in total. The molecule has 8 heteroatoms. The molecule has 0 bridgehead atoms. The molecule has 0 atom stereocenters. The maximum atomic E-state index is 12.2. The van der Waals surface area contributed by atoms with Crippen LogP contribution in [0.1, 0.15) is 5.56 Å². The van der Waals surface area contributed by atoms with Crippen molar-refractivity contribution in [2.75, 3.05) is 5.32 Å². The van der Waals surface area contributed by atoms with E-state index in [0.717, 1.165) is 11.1 Å². The van der Waals surface area contributed by atoms with Crippen LogP contribution < -0.4 is 5.32 Å². The smallest absolute Gasteiger partial charge is 0.249 e. The topological polar surface area (TPSA) is 90.5 Å². The summed E-state index contributed by atoms with van der Waals surface area (Å²) >= 11 is 0. The molecule has 4 aromatic rings. The molecule has 134 valence electrons. The Morgan fingerprint density at radius 2 is 1.67 bits per heavy atom. The number of tetrazole rings is 1. The third-order valence-corrected chi connectivity index (χ3v) is 3.87. The summed E-state index contributed by atoms with van der Waals surface area (Å²) in [6, 6.07) is 21.2. The number of aromatic nitrogens is 6. The minimum Gasteiger partial charge on any atom is -0.308 e. The highest BCUT2D eigenvalue weighted by Crippen LogP contribution is 2.12. The molecule has 2 aromatic carbocycles. The highest BCUT2D eigenvalue weighted by atomic mass is 16.2. The maximum absolute atomic E-state index is 12.2. The number of carbonyl (C=O) groups excluding carboxylic acids is 1. The van der Waals surface area contributed by atoms with Crippen molar-refractivity contribution in [3.8, 4) is 11.4 Å². The van der Waals surface area contributed by atoms with E-state index in [9.17, 15) is 4.79 Å². The van der Waals surface area contributed by atoms with Gasteiger partial charge in [0.05, 0.1) is 6.54 Å². The fourth-order valence-electron chi connectivity index (χ4n) is 2.61. The molecule has 1 N–H and O–H groups in total. The first-order valence-electron chi connectivity index (χ1n) is 8.47. The van der Waals surface area contributed by atoms with E-state index in [-0.39, 0.29) is 12.5 Å². The quantitative estimate of drug-likeness (QED) is 0.570. The molecule has 2 heterocycles. The van der Waals surface area contributed by atoms with Crippen LogP contribution in [0.2, 0.25) is 0 Å². The summed E-state index contributed by atoms with van der Waals surface area (Å²) in [7, 11) is 0. The van der Waals surface area contributed by atoms with E-state index in [1.807, 2.05) is 66.9 Å². The zero-order chi connectivity index (χ0) is 18.5. The molecule has 2 aromatic heterocycles. The molecule has 4 rings (SSSR count). The average molecular weight is 359 g/mol. The number of hydrogen-bond acceptors (Lipinski definition) is 5. The molecule has 27 heavy (non-hydrogen) atoms. The van der Waals surface area contributed by atoms with Crippen LogP contribution in [0.4, 0.5) is 5.82 Å². The monoisotopic (exact) mass is 359 g/mol. The van der Waals surface area contributed by atoms with Gasteiger partial charge < -0.3 is 5.32 Å². The van der Waals surface area contributed by atoms with Crippen molar-refractivity contribution < 1.29 is 4.79 Å². The first-order chi connectivity index (χ1) is 13.3. The Bertz CT molecular complexity index is 1020. The Hall–Kier alpha value is -3.81. The third kappa shape index (κ3) is 4.24. The lowest BCUT2D eigenvalue weighted by molar-refractivity contribution is -0.117. The van der Waals surface area contributed by atoms with Crippen molar-refractivity contribution in [2.45, 2.75) is 13.1 Å². The van der Waals surface area contributed by atoms with Crippen LogP contribution in [-0.4, -0.2) is 35.9 Å². The van der Waals surface area contributed by atoms with Crippen LogP contribution in [0.15, 0.2) is 72.9 Å². The number of anilines is 1. The van der Waals surface area contributed by atoms with Gasteiger partial charge in [0, 0.05) is 17.8 Å². The minimum absolute atomic E-state index is 0.0363. The summed E-state index contributed by atoms with van der Waals surface area (Å²) < 4.78 is 1.77. The van der Waals surface area contributed by atoms with Gasteiger partial charge in [-0.3, -0.25) is 9.48 Å². The van der Waals surface area contributed by atoms with Gasteiger partial charge in [-0.15, -0.1) is 10.2 Å². The lowest BCUT2D eigenvalue weighted by atomic mass is 10.2. The predicted octanol–water partition coefficient (Wildman–Crippen LogP) is 2.22. The molecule has 1 amide bonds. The van der Waals surface area contributed by atoms with Crippen molar-refractivity contribution in [3.05, 3.63) is 78.5 Å². The standard InChI is InChI=1S/C19H17N7O/c27-18(14-26-23-19(21-24-26)16-9-5-2-6-10-16)20-17-11-12-25(22-17)13-15-7-3-1-4-8-15/h1-12H,13-14H2,(H,20,22,27). The second-order valence-corrected chi connectivity index (χ2v) is 5.94. The molecule has 0 aliphatic carbocycles. The van der Waals surface area contributed by atoms with Crippen LogP contribution in [0.25, 0.3) is 11.4 Å². The van der Waals surface area contributed by atoms with Crippen molar-refractivity contribution >= 4 is 11.7 Å². The molecular formula is C19H17N7O. The third-order valence-electron chi connectivity index (χ3n) is 3.87. The van der Waals surface area contributed by atoms with Crippen molar-refractivity contribution in [2.24, 2.45) is 0 Å². The van der Waals surface area contributed by atoms with Crippen LogP contribution in [0.5, 0.6) is 0 Å². The van der Waals surface area contributed by atoms with Gasteiger partial charge in [-0.1, -0.05) is 60.7 Å². The molecule has 0 aliphatic rings. The van der Waals surface area contributed by atoms with Crippen LogP contribution in [0.3, 0.4) is 0 Å². The van der Waals surface area contributed by atoms with Crippen LogP contribution >= 0.6 is 0 Å². The second kappa shape index (κ2) is 7.61. The lowest BCUT2D eigenvalue weighted by Crippen LogP contribution is -2.20. The number of nitrogens with zero attached hydrogens (tertiary/aromatic N) is 6. The maximum Gasteiger partial charge on any atom is 0.249 e. The summed E-state index contributed by atoms with van der Waals surface area (Å²) in [5, 5.41) is 19.2. The van der Waals surface area contributed by atoms with Crippen molar-refractivity contribution in [3.63, 3.8) is 0 Å². The Morgan fingerprint density at radius 1 is 0.926 bits per heavy atom. The largest absolute Gasteiger partial charge is 0.308 e. The predicted molar refractivity (Wildman–Crippen MR) is 99.7 cm³/mol. The van der Waals surface area contributed by atoms with Gasteiger partial charge in [0.25, 0.3) is 0 Å². The molecule has 0 saturated heterocycles. The summed E-state index contributed by atoms with van der Waals surface area (Å²) in [4.78, 5) is 13.5. The average Bonchev–Trinajstić information content (AvgIpc) is 3.33. The van der Waals surface area contributed by atoms with Crippen molar-refractivity contribution in [1.29, 1.82) is 0 Å². The first kappa shape index (κ1) is 16.6. The Morgan fingerprint density at radius 3 is 2.44 bits per heavy atom. The fraction of sp³-hybridized carbons (Fsp3) is 0.105. The zero-order valence-corrected chi connectivity index (χ0v) is 14.4. The highest BCUT2D eigenvalue weighted by Gasteiger charge is 2.10. The van der Waals surface area contributed by atoms with Gasteiger partial charge in [0.15, 0.2) is 5.82 Å². The van der Waals surface area contributed by atoms with Crippen LogP contribution in [0, 0.1) is 0 Å². The van der Waals surface area contributed by atoms with Gasteiger partial charge in [-0.2, -0.15) is 9.90 Å². The molecular weight excluding hydrogens is 342 g/mol. The van der Waals surface area contributed by atoms with Gasteiger partial charge in [-0.25, -0.2) is 0 Å². The van der Waals surface area contributed by atoms with E-state index in [1.54, 1.807) is 10.7 Å². The number of benzene rings is 2. The van der Waals surface area contributed by atoms with Gasteiger partial charge >= 0.3 is 0 Å². The number of rotatable bonds is 6. The molecule has 0 saturated carbocycles. The van der Waals surface area contributed by atoms with E-state index in [4.69, 9.17) is 0 Å². The number of carbonyl (C=O) groups is 1. The Balaban J connectivity index is 1.35.